The highest BCUT2D eigenvalue weighted by atomic mass is 35.5. The molecule has 1 aliphatic rings. The van der Waals surface area contributed by atoms with Crippen molar-refractivity contribution in [3.05, 3.63) is 70.4 Å². The van der Waals surface area contributed by atoms with Gasteiger partial charge in [0.05, 0.1) is 23.7 Å². The van der Waals surface area contributed by atoms with Gasteiger partial charge in [0.15, 0.2) is 0 Å². The van der Waals surface area contributed by atoms with E-state index < -0.39 is 0 Å². The quantitative estimate of drug-likeness (QED) is 0.692. The van der Waals surface area contributed by atoms with Crippen LogP contribution in [0.3, 0.4) is 0 Å². The molecule has 1 unspecified atom stereocenters. The molecule has 2 heterocycles. The number of aryl methyl sites for hydroxylation is 1. The van der Waals surface area contributed by atoms with Crippen LogP contribution in [0.1, 0.15) is 33.3 Å². The fraction of sp³-hybridized carbons (Fsp3) is 0.227. The summed E-state index contributed by atoms with van der Waals surface area (Å²) in [4.78, 5) is 35.2. The number of nitrogens with one attached hydrogen (secondary N) is 1. The van der Waals surface area contributed by atoms with Crippen molar-refractivity contribution in [3.8, 4) is 0 Å². The van der Waals surface area contributed by atoms with E-state index in [2.05, 4.69) is 10.3 Å². The van der Waals surface area contributed by atoms with Crippen LogP contribution in [0.15, 0.2) is 48.5 Å². The second-order valence-electron chi connectivity index (χ2n) is 7.26. The van der Waals surface area contributed by atoms with Crippen molar-refractivity contribution >= 4 is 40.0 Å². The standard InChI is InChI=1S/C22H20ClN3O3/c1-13-11-26(29-12-13)22(28)16-7-6-14(2)19(10-16)25-21(27)18-9-8-15-4-3-5-17(23)20(15)24-18/h3-10,13H,11-12H2,1-2H3,(H,25,27). The molecule has 1 aromatic heterocycles. The maximum Gasteiger partial charge on any atom is 0.277 e. The summed E-state index contributed by atoms with van der Waals surface area (Å²) in [5.41, 5.74) is 2.66. The lowest BCUT2D eigenvalue weighted by atomic mass is 10.1. The van der Waals surface area contributed by atoms with Crippen LogP contribution in [0.4, 0.5) is 5.69 Å². The van der Waals surface area contributed by atoms with Gasteiger partial charge in [-0.25, -0.2) is 10.0 Å². The Hall–Kier alpha value is -2.96. The fourth-order valence-electron chi connectivity index (χ4n) is 3.20. The number of anilines is 1. The van der Waals surface area contributed by atoms with Gasteiger partial charge in [-0.15, -0.1) is 0 Å². The van der Waals surface area contributed by atoms with Crippen LogP contribution < -0.4 is 5.32 Å². The molecule has 29 heavy (non-hydrogen) atoms. The van der Waals surface area contributed by atoms with Crippen LogP contribution in [-0.2, 0) is 4.84 Å². The highest BCUT2D eigenvalue weighted by Crippen LogP contribution is 2.24. The molecule has 148 valence electrons. The molecule has 2 amide bonds. The maximum absolute atomic E-state index is 12.8. The van der Waals surface area contributed by atoms with Gasteiger partial charge in [-0.05, 0) is 36.8 Å². The first-order valence-electron chi connectivity index (χ1n) is 9.34. The zero-order valence-corrected chi connectivity index (χ0v) is 16.9. The SMILES string of the molecule is Cc1ccc(C(=O)N2CC(C)CO2)cc1NC(=O)c1ccc2cccc(Cl)c2n1. The van der Waals surface area contributed by atoms with Crippen molar-refractivity contribution in [2.75, 3.05) is 18.5 Å². The van der Waals surface area contributed by atoms with E-state index >= 15 is 0 Å². The number of hydrogen-bond acceptors (Lipinski definition) is 4. The number of benzene rings is 2. The fourth-order valence-corrected chi connectivity index (χ4v) is 3.43. The second-order valence-corrected chi connectivity index (χ2v) is 7.67. The molecule has 1 N–H and O–H groups in total. The minimum atomic E-state index is -0.370. The van der Waals surface area contributed by atoms with Gasteiger partial charge in [0.25, 0.3) is 11.8 Å². The maximum atomic E-state index is 12.8. The molecule has 2 aromatic carbocycles. The smallest absolute Gasteiger partial charge is 0.277 e. The number of hydrogen-bond donors (Lipinski definition) is 1. The van der Waals surface area contributed by atoms with E-state index in [0.717, 1.165) is 10.9 Å². The van der Waals surface area contributed by atoms with Gasteiger partial charge in [-0.3, -0.25) is 14.4 Å². The third kappa shape index (κ3) is 3.95. The molecular weight excluding hydrogens is 390 g/mol. The zero-order valence-electron chi connectivity index (χ0n) is 16.1. The van der Waals surface area contributed by atoms with Gasteiger partial charge in [0.2, 0.25) is 0 Å². The van der Waals surface area contributed by atoms with E-state index in [0.29, 0.717) is 40.9 Å². The number of amides is 2. The first-order chi connectivity index (χ1) is 13.9. The minimum Gasteiger partial charge on any atom is -0.320 e. The molecular formula is C22H20ClN3O3. The van der Waals surface area contributed by atoms with Crippen molar-refractivity contribution in [2.24, 2.45) is 5.92 Å². The van der Waals surface area contributed by atoms with E-state index in [1.807, 2.05) is 32.0 Å². The Kier molecular flexibility index (Phi) is 5.22. The topological polar surface area (TPSA) is 71.5 Å². The number of fused-ring (bicyclic) bond motifs is 1. The molecule has 0 radical (unpaired) electrons. The number of rotatable bonds is 3. The highest BCUT2D eigenvalue weighted by Gasteiger charge is 2.26. The predicted molar refractivity (Wildman–Crippen MR) is 112 cm³/mol. The number of para-hydroxylation sites is 1. The van der Waals surface area contributed by atoms with Gasteiger partial charge in [-0.1, -0.05) is 42.8 Å². The Morgan fingerprint density at radius 2 is 2.03 bits per heavy atom. The van der Waals surface area contributed by atoms with Gasteiger partial charge in [-0.2, -0.15) is 0 Å². The van der Waals surface area contributed by atoms with Crippen molar-refractivity contribution < 1.29 is 14.4 Å². The lowest BCUT2D eigenvalue weighted by Gasteiger charge is -2.16. The van der Waals surface area contributed by atoms with Crippen LogP contribution in [0.25, 0.3) is 10.9 Å². The van der Waals surface area contributed by atoms with E-state index in [1.165, 1.54) is 5.06 Å². The second kappa shape index (κ2) is 7.81. The summed E-state index contributed by atoms with van der Waals surface area (Å²) in [7, 11) is 0. The van der Waals surface area contributed by atoms with Gasteiger partial charge in [0.1, 0.15) is 5.69 Å². The van der Waals surface area contributed by atoms with Crippen LogP contribution >= 0.6 is 11.6 Å². The monoisotopic (exact) mass is 409 g/mol. The van der Waals surface area contributed by atoms with Crippen molar-refractivity contribution in [3.63, 3.8) is 0 Å². The Balaban J connectivity index is 1.58. The highest BCUT2D eigenvalue weighted by molar-refractivity contribution is 6.35. The van der Waals surface area contributed by atoms with Crippen molar-refractivity contribution in [1.29, 1.82) is 0 Å². The van der Waals surface area contributed by atoms with E-state index in [4.69, 9.17) is 16.4 Å². The Labute approximate surface area is 173 Å². The normalized spacial score (nSPS) is 16.2. The zero-order chi connectivity index (χ0) is 20.5. The number of carbonyl (C=O) groups excluding carboxylic acids is 2. The molecule has 1 atom stereocenters. The van der Waals surface area contributed by atoms with Gasteiger partial charge >= 0.3 is 0 Å². The summed E-state index contributed by atoms with van der Waals surface area (Å²) in [5.74, 6) is -0.291. The molecule has 4 rings (SSSR count). The summed E-state index contributed by atoms with van der Waals surface area (Å²) in [6.07, 6.45) is 0. The average molecular weight is 410 g/mol. The Morgan fingerprint density at radius 3 is 2.79 bits per heavy atom. The van der Waals surface area contributed by atoms with Crippen LogP contribution in [-0.4, -0.2) is 35.0 Å². The van der Waals surface area contributed by atoms with Crippen molar-refractivity contribution in [2.45, 2.75) is 13.8 Å². The molecule has 0 saturated carbocycles. The summed E-state index contributed by atoms with van der Waals surface area (Å²) < 4.78 is 0. The summed E-state index contributed by atoms with van der Waals surface area (Å²) in [5, 5.41) is 5.56. The molecule has 1 fully saturated rings. The summed E-state index contributed by atoms with van der Waals surface area (Å²) in [6.45, 7) is 4.97. The van der Waals surface area contributed by atoms with Crippen LogP contribution in [0.2, 0.25) is 5.02 Å². The molecule has 3 aromatic rings. The number of carbonyl (C=O) groups is 2. The van der Waals surface area contributed by atoms with Crippen LogP contribution in [0, 0.1) is 12.8 Å². The molecule has 0 bridgehead atoms. The predicted octanol–water partition coefficient (Wildman–Crippen LogP) is 4.47. The molecule has 6 nitrogen and oxygen atoms in total. The number of halogens is 1. The first kappa shape index (κ1) is 19.4. The minimum absolute atomic E-state index is 0.222. The third-order valence-corrected chi connectivity index (χ3v) is 5.16. The van der Waals surface area contributed by atoms with Gasteiger partial charge < -0.3 is 5.32 Å². The number of pyridine rings is 1. The molecule has 1 saturated heterocycles. The summed E-state index contributed by atoms with van der Waals surface area (Å²) in [6, 6.07) is 14.1. The van der Waals surface area contributed by atoms with Gasteiger partial charge in [0, 0.05) is 22.6 Å². The average Bonchev–Trinajstić information content (AvgIpc) is 3.15. The molecule has 7 heteroatoms. The first-order valence-corrected chi connectivity index (χ1v) is 9.72. The molecule has 0 spiro atoms. The molecule has 0 aliphatic carbocycles. The van der Waals surface area contributed by atoms with E-state index in [9.17, 15) is 9.59 Å². The van der Waals surface area contributed by atoms with Crippen LogP contribution in [0.5, 0.6) is 0 Å². The summed E-state index contributed by atoms with van der Waals surface area (Å²) >= 11 is 6.20. The van der Waals surface area contributed by atoms with E-state index in [-0.39, 0.29) is 17.5 Å². The largest absolute Gasteiger partial charge is 0.320 e. The third-order valence-electron chi connectivity index (χ3n) is 4.86. The number of aromatic nitrogens is 1. The number of hydroxylamine groups is 2. The lowest BCUT2D eigenvalue weighted by Crippen LogP contribution is -2.27. The Bertz CT molecular complexity index is 1120. The van der Waals surface area contributed by atoms with Crippen molar-refractivity contribution in [1.82, 2.24) is 10.0 Å². The number of nitrogens with zero attached hydrogens (tertiary/aromatic N) is 2. The Morgan fingerprint density at radius 1 is 1.21 bits per heavy atom. The van der Waals surface area contributed by atoms with E-state index in [1.54, 1.807) is 30.3 Å². The molecule has 1 aliphatic heterocycles. The lowest BCUT2D eigenvalue weighted by molar-refractivity contribution is -0.0772.